The quantitative estimate of drug-likeness (QED) is 0.752. The molecule has 1 aromatic carbocycles. The van der Waals surface area contributed by atoms with E-state index >= 15 is 0 Å². The number of nitrogens with two attached hydrogens (primary N) is 1. The lowest BCUT2D eigenvalue weighted by Gasteiger charge is -2.09. The summed E-state index contributed by atoms with van der Waals surface area (Å²) < 4.78 is 31.0. The molecule has 14 heavy (non-hydrogen) atoms. The second kappa shape index (κ2) is 4.88. The van der Waals surface area contributed by atoms with E-state index in [0.29, 0.717) is 0 Å². The SMILES string of the molecule is COc1c(F)ccc(F)c1CCON. The van der Waals surface area contributed by atoms with Gasteiger partial charge in [-0.3, -0.25) is 0 Å². The van der Waals surface area contributed by atoms with E-state index in [1.165, 1.54) is 7.11 Å². The molecule has 5 heteroatoms. The molecule has 0 aliphatic carbocycles. The highest BCUT2D eigenvalue weighted by Gasteiger charge is 2.13. The van der Waals surface area contributed by atoms with E-state index in [1.54, 1.807) is 0 Å². The molecule has 0 amide bonds. The maximum absolute atomic E-state index is 13.2. The van der Waals surface area contributed by atoms with Crippen molar-refractivity contribution in [2.45, 2.75) is 6.42 Å². The predicted octanol–water partition coefficient (Wildman–Crippen LogP) is 1.41. The molecule has 0 spiro atoms. The molecule has 0 heterocycles. The summed E-state index contributed by atoms with van der Waals surface area (Å²) in [5.41, 5.74) is 0.137. The Morgan fingerprint density at radius 2 is 1.93 bits per heavy atom. The molecule has 0 aliphatic rings. The monoisotopic (exact) mass is 203 g/mol. The van der Waals surface area contributed by atoms with Crippen LogP contribution in [-0.2, 0) is 11.3 Å². The minimum atomic E-state index is -0.596. The summed E-state index contributed by atoms with van der Waals surface area (Å²) in [6, 6.07) is 2.06. The predicted molar refractivity (Wildman–Crippen MR) is 46.8 cm³/mol. The number of halogens is 2. The van der Waals surface area contributed by atoms with Gasteiger partial charge in [0.15, 0.2) is 11.6 Å². The van der Waals surface area contributed by atoms with Gasteiger partial charge in [0, 0.05) is 12.0 Å². The van der Waals surface area contributed by atoms with Crippen molar-refractivity contribution in [3.8, 4) is 5.75 Å². The van der Waals surface area contributed by atoms with Crippen LogP contribution in [0.4, 0.5) is 8.78 Å². The van der Waals surface area contributed by atoms with Gasteiger partial charge in [0.25, 0.3) is 0 Å². The fourth-order valence-electron chi connectivity index (χ4n) is 1.19. The molecule has 0 fully saturated rings. The third-order valence-corrected chi connectivity index (χ3v) is 1.83. The number of rotatable bonds is 4. The highest BCUT2D eigenvalue weighted by atomic mass is 19.1. The number of methoxy groups -OCH3 is 1. The van der Waals surface area contributed by atoms with Gasteiger partial charge in [0.2, 0.25) is 0 Å². The van der Waals surface area contributed by atoms with Crippen molar-refractivity contribution in [1.29, 1.82) is 0 Å². The van der Waals surface area contributed by atoms with Gasteiger partial charge in [0.1, 0.15) is 5.82 Å². The third kappa shape index (κ3) is 2.18. The molecular formula is C9H11F2NO2. The Bertz CT molecular complexity index is 318. The lowest BCUT2D eigenvalue weighted by atomic mass is 10.1. The van der Waals surface area contributed by atoms with Crippen LogP contribution >= 0.6 is 0 Å². The average molecular weight is 203 g/mol. The van der Waals surface area contributed by atoms with Crippen molar-refractivity contribution in [3.63, 3.8) is 0 Å². The zero-order valence-electron chi connectivity index (χ0n) is 7.72. The summed E-state index contributed by atoms with van der Waals surface area (Å²) in [5, 5.41) is 0. The smallest absolute Gasteiger partial charge is 0.165 e. The number of hydrogen-bond donors (Lipinski definition) is 1. The molecule has 2 N–H and O–H groups in total. The molecular weight excluding hydrogens is 192 g/mol. The van der Waals surface area contributed by atoms with Gasteiger partial charge >= 0.3 is 0 Å². The fourth-order valence-corrected chi connectivity index (χ4v) is 1.19. The maximum atomic E-state index is 13.2. The van der Waals surface area contributed by atoms with Crippen LogP contribution in [0.3, 0.4) is 0 Å². The molecule has 0 radical (unpaired) electrons. The summed E-state index contributed by atoms with van der Waals surface area (Å²) in [6.07, 6.45) is 0.170. The van der Waals surface area contributed by atoms with Crippen molar-refractivity contribution in [1.82, 2.24) is 0 Å². The fraction of sp³-hybridized carbons (Fsp3) is 0.333. The first-order chi connectivity index (χ1) is 6.70. The van der Waals surface area contributed by atoms with Gasteiger partial charge in [-0.1, -0.05) is 0 Å². The third-order valence-electron chi connectivity index (χ3n) is 1.83. The summed E-state index contributed by atoms with van der Waals surface area (Å²) in [7, 11) is 1.28. The largest absolute Gasteiger partial charge is 0.493 e. The zero-order valence-corrected chi connectivity index (χ0v) is 7.72. The Balaban J connectivity index is 3.03. The lowest BCUT2D eigenvalue weighted by molar-refractivity contribution is 0.140. The second-order valence-corrected chi connectivity index (χ2v) is 2.66. The molecule has 0 saturated carbocycles. The summed E-state index contributed by atoms with van der Waals surface area (Å²) >= 11 is 0. The van der Waals surface area contributed by atoms with Gasteiger partial charge in [0.05, 0.1) is 13.7 Å². The molecule has 1 rings (SSSR count). The highest BCUT2D eigenvalue weighted by Crippen LogP contribution is 2.25. The normalized spacial score (nSPS) is 10.3. The first-order valence-corrected chi connectivity index (χ1v) is 4.03. The Morgan fingerprint density at radius 3 is 2.50 bits per heavy atom. The number of benzene rings is 1. The van der Waals surface area contributed by atoms with Crippen molar-refractivity contribution in [2.75, 3.05) is 13.7 Å². The summed E-state index contributed by atoms with van der Waals surface area (Å²) in [6.45, 7) is 0.108. The standard InChI is InChI=1S/C9H11F2NO2/c1-13-9-6(4-5-14-12)7(10)2-3-8(9)11/h2-3H,4-5,12H2,1H3. The van der Waals surface area contributed by atoms with Crippen LogP contribution in [0.5, 0.6) is 5.75 Å². The highest BCUT2D eigenvalue weighted by molar-refractivity contribution is 5.36. The molecule has 0 aliphatic heterocycles. The molecule has 0 atom stereocenters. The Kier molecular flexibility index (Phi) is 3.79. The van der Waals surface area contributed by atoms with Crippen LogP contribution in [0.25, 0.3) is 0 Å². The van der Waals surface area contributed by atoms with Crippen molar-refractivity contribution in [2.24, 2.45) is 5.90 Å². The van der Waals surface area contributed by atoms with Crippen LogP contribution in [0, 0.1) is 11.6 Å². The van der Waals surface area contributed by atoms with Crippen LogP contribution in [0.2, 0.25) is 0 Å². The summed E-state index contributed by atoms with van der Waals surface area (Å²) in [5.74, 6) is 3.58. The van der Waals surface area contributed by atoms with Crippen LogP contribution in [0.15, 0.2) is 12.1 Å². The maximum Gasteiger partial charge on any atom is 0.165 e. The first kappa shape index (κ1) is 10.9. The lowest BCUT2D eigenvalue weighted by Crippen LogP contribution is -2.07. The van der Waals surface area contributed by atoms with Gasteiger partial charge in [-0.15, -0.1) is 0 Å². The minimum absolute atomic E-state index is 0.0953. The topological polar surface area (TPSA) is 44.5 Å². The van der Waals surface area contributed by atoms with Crippen molar-refractivity contribution in [3.05, 3.63) is 29.3 Å². The van der Waals surface area contributed by atoms with Crippen molar-refractivity contribution < 1.29 is 18.4 Å². The molecule has 78 valence electrons. The zero-order chi connectivity index (χ0) is 10.6. The van der Waals surface area contributed by atoms with Crippen LogP contribution in [0.1, 0.15) is 5.56 Å². The molecule has 0 unspecified atom stereocenters. The molecule has 0 aromatic heterocycles. The van der Waals surface area contributed by atoms with Gasteiger partial charge < -0.3 is 9.57 Å². The molecule has 0 saturated heterocycles. The van der Waals surface area contributed by atoms with E-state index in [4.69, 9.17) is 10.6 Å². The summed E-state index contributed by atoms with van der Waals surface area (Å²) in [4.78, 5) is 4.30. The second-order valence-electron chi connectivity index (χ2n) is 2.66. The van der Waals surface area contributed by atoms with E-state index < -0.39 is 11.6 Å². The minimum Gasteiger partial charge on any atom is -0.493 e. The van der Waals surface area contributed by atoms with Gasteiger partial charge in [-0.25, -0.2) is 14.7 Å². The van der Waals surface area contributed by atoms with Gasteiger partial charge in [-0.2, -0.15) is 0 Å². The van der Waals surface area contributed by atoms with Crippen LogP contribution < -0.4 is 10.6 Å². The van der Waals surface area contributed by atoms with E-state index in [2.05, 4.69) is 4.84 Å². The van der Waals surface area contributed by atoms with E-state index in [9.17, 15) is 8.78 Å². The van der Waals surface area contributed by atoms with E-state index in [1.807, 2.05) is 0 Å². The average Bonchev–Trinajstić information content (AvgIpc) is 2.19. The van der Waals surface area contributed by atoms with E-state index in [0.717, 1.165) is 12.1 Å². The van der Waals surface area contributed by atoms with Crippen LogP contribution in [-0.4, -0.2) is 13.7 Å². The number of hydrogen-bond acceptors (Lipinski definition) is 3. The van der Waals surface area contributed by atoms with Gasteiger partial charge in [-0.05, 0) is 12.1 Å². The Labute approximate surface area is 80.4 Å². The van der Waals surface area contributed by atoms with E-state index in [-0.39, 0.29) is 24.3 Å². The molecule has 1 aromatic rings. The molecule has 3 nitrogen and oxygen atoms in total. The first-order valence-electron chi connectivity index (χ1n) is 4.03. The Morgan fingerprint density at radius 1 is 1.29 bits per heavy atom. The number of ether oxygens (including phenoxy) is 1. The van der Waals surface area contributed by atoms with Crippen molar-refractivity contribution >= 4 is 0 Å². The Hall–Kier alpha value is -1.20. The molecule has 0 bridgehead atoms.